The molecule has 0 aliphatic rings. The van der Waals surface area contributed by atoms with Crippen LogP contribution >= 0.6 is 0 Å². The number of hydrogen-bond acceptors (Lipinski definition) is 2. The second-order valence-electron chi connectivity index (χ2n) is 5.46. The molecule has 0 spiro atoms. The predicted octanol–water partition coefficient (Wildman–Crippen LogP) is 3.58. The lowest BCUT2D eigenvalue weighted by Gasteiger charge is -2.19. The number of amides is 1. The molecule has 0 aliphatic heterocycles. The fourth-order valence-electron chi connectivity index (χ4n) is 2.60. The van der Waals surface area contributed by atoms with Gasteiger partial charge in [-0.15, -0.1) is 0 Å². The van der Waals surface area contributed by atoms with Gasteiger partial charge in [-0.1, -0.05) is 61.9 Å². The van der Waals surface area contributed by atoms with Gasteiger partial charge >= 0.3 is 5.97 Å². The zero-order chi connectivity index (χ0) is 16.7. The molecule has 2 aromatic carbocycles. The lowest BCUT2D eigenvalue weighted by atomic mass is 10.0. The molecule has 23 heavy (non-hydrogen) atoms. The number of rotatable bonds is 7. The number of carbonyl (C=O) groups excluding carboxylic acids is 1. The molecule has 1 unspecified atom stereocenters. The van der Waals surface area contributed by atoms with Crippen LogP contribution in [0.15, 0.2) is 54.6 Å². The van der Waals surface area contributed by atoms with Crippen LogP contribution in [-0.2, 0) is 11.2 Å². The van der Waals surface area contributed by atoms with Gasteiger partial charge in [0.25, 0.3) is 0 Å². The summed E-state index contributed by atoms with van der Waals surface area (Å²) in [6, 6.07) is 16.4. The van der Waals surface area contributed by atoms with Crippen molar-refractivity contribution in [1.82, 2.24) is 5.32 Å². The Balaban J connectivity index is 2.10. The van der Waals surface area contributed by atoms with Crippen molar-refractivity contribution >= 4 is 11.9 Å². The highest BCUT2D eigenvalue weighted by Crippen LogP contribution is 2.18. The van der Waals surface area contributed by atoms with E-state index in [1.54, 1.807) is 18.2 Å². The van der Waals surface area contributed by atoms with E-state index in [1.807, 2.05) is 30.3 Å². The standard InChI is InChI=1S/C19H21NO3/c1-2-8-17(14-9-4-3-5-10-14)20-18(21)13-15-11-6-7-12-16(15)19(22)23/h3-7,9-12,17H,2,8,13H2,1H3,(H,20,21)(H,22,23). The quantitative estimate of drug-likeness (QED) is 0.821. The molecule has 4 heteroatoms. The highest BCUT2D eigenvalue weighted by Gasteiger charge is 2.16. The molecule has 0 fully saturated rings. The second kappa shape index (κ2) is 8.13. The monoisotopic (exact) mass is 311 g/mol. The number of benzene rings is 2. The van der Waals surface area contributed by atoms with Crippen LogP contribution in [0.25, 0.3) is 0 Å². The molecular formula is C19H21NO3. The number of aromatic carboxylic acids is 1. The molecule has 4 nitrogen and oxygen atoms in total. The van der Waals surface area contributed by atoms with E-state index in [0.717, 1.165) is 18.4 Å². The molecule has 2 aromatic rings. The number of carbonyl (C=O) groups is 2. The van der Waals surface area contributed by atoms with Gasteiger partial charge in [0.2, 0.25) is 5.91 Å². The minimum atomic E-state index is -1.01. The lowest BCUT2D eigenvalue weighted by Crippen LogP contribution is -2.30. The molecule has 0 saturated heterocycles. The van der Waals surface area contributed by atoms with Gasteiger partial charge in [0.15, 0.2) is 0 Å². The molecule has 2 N–H and O–H groups in total. The third kappa shape index (κ3) is 4.68. The van der Waals surface area contributed by atoms with Crippen molar-refractivity contribution in [3.63, 3.8) is 0 Å². The second-order valence-corrected chi connectivity index (χ2v) is 5.46. The summed E-state index contributed by atoms with van der Waals surface area (Å²) in [6.45, 7) is 2.07. The van der Waals surface area contributed by atoms with E-state index < -0.39 is 5.97 Å². The van der Waals surface area contributed by atoms with Crippen molar-refractivity contribution in [3.05, 3.63) is 71.3 Å². The Morgan fingerprint density at radius 3 is 2.35 bits per heavy atom. The van der Waals surface area contributed by atoms with Crippen LogP contribution in [0.4, 0.5) is 0 Å². The van der Waals surface area contributed by atoms with Crippen LogP contribution in [0.2, 0.25) is 0 Å². The third-order valence-electron chi connectivity index (χ3n) is 3.71. The van der Waals surface area contributed by atoms with Gasteiger partial charge in [-0.25, -0.2) is 4.79 Å². The summed E-state index contributed by atoms with van der Waals surface area (Å²) in [5, 5.41) is 12.2. The molecular weight excluding hydrogens is 290 g/mol. The topological polar surface area (TPSA) is 66.4 Å². The molecule has 0 bridgehead atoms. The van der Waals surface area contributed by atoms with Crippen molar-refractivity contribution in [1.29, 1.82) is 0 Å². The van der Waals surface area contributed by atoms with Gasteiger partial charge in [0.05, 0.1) is 18.0 Å². The van der Waals surface area contributed by atoms with Gasteiger partial charge in [-0.05, 0) is 23.6 Å². The fourth-order valence-corrected chi connectivity index (χ4v) is 2.60. The highest BCUT2D eigenvalue weighted by molar-refractivity contribution is 5.91. The first-order chi connectivity index (χ1) is 11.1. The average molecular weight is 311 g/mol. The van der Waals surface area contributed by atoms with E-state index in [-0.39, 0.29) is 23.9 Å². The summed E-state index contributed by atoms with van der Waals surface area (Å²) >= 11 is 0. The van der Waals surface area contributed by atoms with E-state index in [1.165, 1.54) is 6.07 Å². The van der Waals surface area contributed by atoms with Gasteiger partial charge in [0.1, 0.15) is 0 Å². The van der Waals surface area contributed by atoms with Crippen LogP contribution in [0.1, 0.15) is 47.3 Å². The number of carboxylic acid groups (broad SMARTS) is 1. The van der Waals surface area contributed by atoms with Gasteiger partial charge in [-0.3, -0.25) is 4.79 Å². The van der Waals surface area contributed by atoms with Gasteiger partial charge in [0, 0.05) is 0 Å². The summed E-state index contributed by atoms with van der Waals surface area (Å²) in [5.41, 5.74) is 1.77. The van der Waals surface area contributed by atoms with E-state index in [4.69, 9.17) is 0 Å². The van der Waals surface area contributed by atoms with Crippen molar-refractivity contribution < 1.29 is 14.7 Å². The Kier molecular flexibility index (Phi) is 5.92. The first-order valence-electron chi connectivity index (χ1n) is 7.77. The summed E-state index contributed by atoms with van der Waals surface area (Å²) < 4.78 is 0. The molecule has 1 amide bonds. The van der Waals surface area contributed by atoms with Crippen LogP contribution < -0.4 is 5.32 Å². The number of carboxylic acids is 1. The lowest BCUT2D eigenvalue weighted by molar-refractivity contribution is -0.121. The number of nitrogens with one attached hydrogen (secondary N) is 1. The van der Waals surface area contributed by atoms with Gasteiger partial charge < -0.3 is 10.4 Å². The molecule has 0 heterocycles. The fraction of sp³-hybridized carbons (Fsp3) is 0.263. The first kappa shape index (κ1) is 16.7. The Morgan fingerprint density at radius 2 is 1.70 bits per heavy atom. The first-order valence-corrected chi connectivity index (χ1v) is 7.77. The smallest absolute Gasteiger partial charge is 0.335 e. The largest absolute Gasteiger partial charge is 0.478 e. The molecule has 0 aliphatic carbocycles. The molecule has 2 rings (SSSR count). The van der Waals surface area contributed by atoms with Crippen LogP contribution in [0.5, 0.6) is 0 Å². The van der Waals surface area contributed by atoms with Crippen LogP contribution in [0.3, 0.4) is 0 Å². The molecule has 0 aromatic heterocycles. The Labute approximate surface area is 136 Å². The SMILES string of the molecule is CCCC(NC(=O)Cc1ccccc1C(=O)O)c1ccccc1. The van der Waals surface area contributed by atoms with Crippen molar-refractivity contribution in [3.8, 4) is 0 Å². The Bertz CT molecular complexity index is 667. The maximum atomic E-state index is 12.3. The zero-order valence-electron chi connectivity index (χ0n) is 13.2. The molecule has 0 saturated carbocycles. The molecule has 120 valence electrons. The summed E-state index contributed by atoms with van der Waals surface area (Å²) in [5.74, 6) is -1.18. The highest BCUT2D eigenvalue weighted by atomic mass is 16.4. The third-order valence-corrected chi connectivity index (χ3v) is 3.71. The number of hydrogen-bond donors (Lipinski definition) is 2. The summed E-state index contributed by atoms with van der Waals surface area (Å²) in [7, 11) is 0. The normalized spacial score (nSPS) is 11.7. The van der Waals surface area contributed by atoms with E-state index in [0.29, 0.717) is 5.56 Å². The Morgan fingerprint density at radius 1 is 1.04 bits per heavy atom. The van der Waals surface area contributed by atoms with Crippen molar-refractivity contribution in [2.24, 2.45) is 0 Å². The molecule has 0 radical (unpaired) electrons. The van der Waals surface area contributed by atoms with Crippen molar-refractivity contribution in [2.45, 2.75) is 32.2 Å². The van der Waals surface area contributed by atoms with Crippen molar-refractivity contribution in [2.75, 3.05) is 0 Å². The van der Waals surface area contributed by atoms with Crippen LogP contribution in [0, 0.1) is 0 Å². The summed E-state index contributed by atoms with van der Waals surface area (Å²) in [6.07, 6.45) is 1.86. The van der Waals surface area contributed by atoms with E-state index in [2.05, 4.69) is 12.2 Å². The van der Waals surface area contributed by atoms with E-state index >= 15 is 0 Å². The van der Waals surface area contributed by atoms with Gasteiger partial charge in [-0.2, -0.15) is 0 Å². The Hall–Kier alpha value is -2.62. The summed E-state index contributed by atoms with van der Waals surface area (Å²) in [4.78, 5) is 23.6. The zero-order valence-corrected chi connectivity index (χ0v) is 13.2. The van der Waals surface area contributed by atoms with E-state index in [9.17, 15) is 14.7 Å². The minimum Gasteiger partial charge on any atom is -0.478 e. The predicted molar refractivity (Wildman–Crippen MR) is 89.3 cm³/mol. The average Bonchev–Trinajstić information content (AvgIpc) is 2.55. The van der Waals surface area contributed by atoms with Crippen LogP contribution in [-0.4, -0.2) is 17.0 Å². The minimum absolute atomic E-state index is 0.0503. The maximum absolute atomic E-state index is 12.3. The maximum Gasteiger partial charge on any atom is 0.335 e. The molecule has 1 atom stereocenters.